The van der Waals surface area contributed by atoms with Crippen molar-refractivity contribution < 1.29 is 19.8 Å². The van der Waals surface area contributed by atoms with Gasteiger partial charge in [-0.25, -0.2) is 0 Å². The van der Waals surface area contributed by atoms with E-state index in [9.17, 15) is 19.8 Å². The van der Waals surface area contributed by atoms with Crippen molar-refractivity contribution in [3.05, 3.63) is 0 Å². The number of aliphatic hydroxyl groups is 2. The van der Waals surface area contributed by atoms with E-state index in [0.29, 0.717) is 24.0 Å². The molecule has 0 saturated heterocycles. The molecule has 9 atom stereocenters. The lowest BCUT2D eigenvalue weighted by molar-refractivity contribution is -0.189. The van der Waals surface area contributed by atoms with Gasteiger partial charge in [-0.2, -0.15) is 0 Å². The summed E-state index contributed by atoms with van der Waals surface area (Å²) in [5, 5.41) is 20.6. The molecular weight excluding hydrogens is 304 g/mol. The summed E-state index contributed by atoms with van der Waals surface area (Å²) in [6.45, 7) is 6.17. The number of ketones is 2. The average Bonchev–Trinajstić information content (AvgIpc) is 2.87. The first-order valence-corrected chi connectivity index (χ1v) is 9.66. The Morgan fingerprint density at radius 2 is 1.67 bits per heavy atom. The Kier molecular flexibility index (Phi) is 3.58. The molecule has 2 N–H and O–H groups in total. The molecule has 0 aromatic carbocycles. The molecule has 134 valence electrons. The van der Waals surface area contributed by atoms with Crippen molar-refractivity contribution in [1.82, 2.24) is 0 Å². The maximum atomic E-state index is 13.1. The van der Waals surface area contributed by atoms with Gasteiger partial charge >= 0.3 is 0 Å². The van der Waals surface area contributed by atoms with Gasteiger partial charge < -0.3 is 10.2 Å². The molecule has 0 aromatic heterocycles. The molecule has 0 spiro atoms. The van der Waals surface area contributed by atoms with Crippen LogP contribution in [0.4, 0.5) is 0 Å². The molecule has 0 aliphatic heterocycles. The second-order valence-electron chi connectivity index (χ2n) is 9.42. The van der Waals surface area contributed by atoms with Gasteiger partial charge in [0.25, 0.3) is 0 Å². The van der Waals surface area contributed by atoms with Crippen LogP contribution >= 0.6 is 0 Å². The van der Waals surface area contributed by atoms with Gasteiger partial charge in [0.15, 0.2) is 5.78 Å². The molecule has 3 unspecified atom stereocenters. The van der Waals surface area contributed by atoms with E-state index in [1.54, 1.807) is 0 Å². The highest BCUT2D eigenvalue weighted by atomic mass is 16.3. The Bertz CT molecular complexity index is 586. The maximum Gasteiger partial charge on any atom is 0.170 e. The third kappa shape index (κ3) is 1.82. The second-order valence-corrected chi connectivity index (χ2v) is 9.42. The number of aliphatic hydroxyl groups excluding tert-OH is 2. The summed E-state index contributed by atoms with van der Waals surface area (Å²) >= 11 is 0. The smallest absolute Gasteiger partial charge is 0.170 e. The fourth-order valence-electron chi connectivity index (χ4n) is 7.33. The minimum atomic E-state index is -1.25. The van der Waals surface area contributed by atoms with Crippen LogP contribution in [0.3, 0.4) is 0 Å². The summed E-state index contributed by atoms with van der Waals surface area (Å²) in [7, 11) is 0. The van der Waals surface area contributed by atoms with E-state index in [1.165, 1.54) is 0 Å². The fraction of sp³-hybridized carbons (Fsp3) is 0.900. The SMILES string of the molecule is C[C@H]1C(O)C(O)C(=O)[C@@]2(C)C1CC[C@@H]1[C@@H]2CC[C@]2(C)C(=O)CC[C@@H]12. The van der Waals surface area contributed by atoms with Crippen LogP contribution in [0, 0.1) is 40.4 Å². The van der Waals surface area contributed by atoms with Crippen molar-refractivity contribution >= 4 is 11.6 Å². The number of fused-ring (bicyclic) bond motifs is 5. The maximum absolute atomic E-state index is 13.1. The lowest BCUT2D eigenvalue weighted by atomic mass is 9.43. The van der Waals surface area contributed by atoms with Crippen molar-refractivity contribution in [2.24, 2.45) is 40.4 Å². The fourth-order valence-corrected chi connectivity index (χ4v) is 7.33. The molecule has 0 bridgehead atoms. The van der Waals surface area contributed by atoms with Gasteiger partial charge in [-0.05, 0) is 61.7 Å². The Labute approximate surface area is 144 Å². The minimum Gasteiger partial charge on any atom is -0.390 e. The zero-order valence-corrected chi connectivity index (χ0v) is 15.0. The summed E-state index contributed by atoms with van der Waals surface area (Å²) in [5.74, 6) is 1.41. The highest BCUT2D eigenvalue weighted by molar-refractivity contribution is 5.91. The Morgan fingerprint density at radius 3 is 2.38 bits per heavy atom. The van der Waals surface area contributed by atoms with Crippen molar-refractivity contribution in [3.63, 3.8) is 0 Å². The monoisotopic (exact) mass is 334 g/mol. The summed E-state index contributed by atoms with van der Waals surface area (Å²) in [5.41, 5.74) is -0.736. The summed E-state index contributed by atoms with van der Waals surface area (Å²) < 4.78 is 0. The van der Waals surface area contributed by atoms with E-state index in [-0.39, 0.29) is 29.0 Å². The van der Waals surface area contributed by atoms with Crippen LogP contribution in [0.5, 0.6) is 0 Å². The van der Waals surface area contributed by atoms with Gasteiger partial charge in [0.2, 0.25) is 0 Å². The lowest BCUT2D eigenvalue weighted by Gasteiger charge is -2.61. The van der Waals surface area contributed by atoms with Gasteiger partial charge in [-0.1, -0.05) is 20.8 Å². The minimum absolute atomic E-state index is 0.0535. The second kappa shape index (κ2) is 5.14. The van der Waals surface area contributed by atoms with Crippen molar-refractivity contribution in [3.8, 4) is 0 Å². The normalized spacial score (nSPS) is 57.3. The first-order chi connectivity index (χ1) is 11.2. The number of carbonyl (C=O) groups excluding carboxylic acids is 2. The third-order valence-electron chi connectivity index (χ3n) is 8.79. The van der Waals surface area contributed by atoms with Gasteiger partial charge in [0.05, 0.1) is 6.10 Å². The molecular formula is C20H30O4. The standard InChI is InChI=1S/C20H30O4/c1-10-12-5-4-11-13-6-7-15(21)19(13,2)9-8-14(11)20(12,3)18(24)17(23)16(10)22/h10-14,16-17,22-23H,4-9H2,1-3H3/t10-,11+,12?,13+,14+,16?,17?,19+,20+/m1/s1. The van der Waals surface area contributed by atoms with Crippen LogP contribution in [0.2, 0.25) is 0 Å². The molecule has 4 aliphatic carbocycles. The average molecular weight is 334 g/mol. The molecule has 0 radical (unpaired) electrons. The molecule has 24 heavy (non-hydrogen) atoms. The summed E-state index contributed by atoms with van der Waals surface area (Å²) in [6, 6.07) is 0. The molecule has 0 heterocycles. The quantitative estimate of drug-likeness (QED) is 0.713. The molecule has 4 nitrogen and oxygen atoms in total. The van der Waals surface area contributed by atoms with E-state index >= 15 is 0 Å². The zero-order chi connectivity index (χ0) is 17.4. The van der Waals surface area contributed by atoms with E-state index < -0.39 is 17.6 Å². The van der Waals surface area contributed by atoms with Crippen LogP contribution in [0.1, 0.15) is 59.3 Å². The molecule has 4 heteroatoms. The number of hydrogen-bond donors (Lipinski definition) is 2. The Morgan fingerprint density at radius 1 is 0.958 bits per heavy atom. The topological polar surface area (TPSA) is 74.6 Å². The number of carbonyl (C=O) groups is 2. The molecule has 4 rings (SSSR count). The van der Waals surface area contributed by atoms with E-state index in [4.69, 9.17) is 0 Å². The van der Waals surface area contributed by atoms with Gasteiger partial charge in [0.1, 0.15) is 11.9 Å². The molecule has 0 aromatic rings. The molecule has 0 amide bonds. The Balaban J connectivity index is 1.73. The van der Waals surface area contributed by atoms with Crippen molar-refractivity contribution in [2.45, 2.75) is 71.5 Å². The molecule has 4 fully saturated rings. The zero-order valence-electron chi connectivity index (χ0n) is 15.0. The number of rotatable bonds is 0. The van der Waals surface area contributed by atoms with Crippen LogP contribution < -0.4 is 0 Å². The van der Waals surface area contributed by atoms with Crippen molar-refractivity contribution in [2.75, 3.05) is 0 Å². The molecule has 4 aliphatic rings. The highest BCUT2D eigenvalue weighted by Crippen LogP contribution is 2.65. The van der Waals surface area contributed by atoms with E-state index in [0.717, 1.165) is 32.1 Å². The van der Waals surface area contributed by atoms with Gasteiger partial charge in [0, 0.05) is 17.3 Å². The summed E-state index contributed by atoms with van der Waals surface area (Å²) in [6.07, 6.45) is 3.22. The summed E-state index contributed by atoms with van der Waals surface area (Å²) in [4.78, 5) is 25.5. The predicted octanol–water partition coefficient (Wildman–Crippen LogP) is 2.35. The van der Waals surface area contributed by atoms with Crippen LogP contribution in [-0.4, -0.2) is 34.0 Å². The van der Waals surface area contributed by atoms with Crippen LogP contribution in [-0.2, 0) is 9.59 Å². The van der Waals surface area contributed by atoms with Crippen molar-refractivity contribution in [1.29, 1.82) is 0 Å². The third-order valence-corrected chi connectivity index (χ3v) is 8.79. The number of hydrogen-bond acceptors (Lipinski definition) is 4. The largest absolute Gasteiger partial charge is 0.390 e. The van der Waals surface area contributed by atoms with E-state index in [2.05, 4.69) is 6.92 Å². The Hall–Kier alpha value is -0.740. The van der Waals surface area contributed by atoms with Gasteiger partial charge in [-0.3, -0.25) is 9.59 Å². The molecule has 4 saturated carbocycles. The first kappa shape index (κ1) is 16.7. The van der Waals surface area contributed by atoms with Gasteiger partial charge in [-0.15, -0.1) is 0 Å². The first-order valence-electron chi connectivity index (χ1n) is 9.66. The lowest BCUT2D eigenvalue weighted by Crippen LogP contribution is -2.64. The number of Topliss-reactive ketones (excluding diaryl/α,β-unsaturated/α-hetero) is 2. The van der Waals surface area contributed by atoms with Crippen LogP contribution in [0.15, 0.2) is 0 Å². The van der Waals surface area contributed by atoms with Crippen LogP contribution in [0.25, 0.3) is 0 Å². The predicted molar refractivity (Wildman–Crippen MR) is 89.1 cm³/mol. The van der Waals surface area contributed by atoms with E-state index in [1.807, 2.05) is 13.8 Å². The highest BCUT2D eigenvalue weighted by Gasteiger charge is 2.65.